The minimum absolute atomic E-state index is 0.104. The molecule has 0 bridgehead atoms. The molecule has 2 heterocycles. The molecule has 2 aliphatic heterocycles. The zero-order chi connectivity index (χ0) is 17.9. The normalized spacial score (nSPS) is 16.7. The lowest BCUT2D eigenvalue weighted by atomic mass is 10.1. The molecular formula is C21H23FN2O2. The van der Waals surface area contributed by atoms with Gasteiger partial charge >= 0.3 is 0 Å². The van der Waals surface area contributed by atoms with E-state index in [1.807, 2.05) is 11.0 Å². The molecule has 1 saturated heterocycles. The molecule has 0 spiro atoms. The van der Waals surface area contributed by atoms with E-state index in [2.05, 4.69) is 23.1 Å². The monoisotopic (exact) mass is 354 g/mol. The minimum Gasteiger partial charge on any atom is -0.378 e. The van der Waals surface area contributed by atoms with Crippen molar-refractivity contribution in [1.82, 2.24) is 0 Å². The van der Waals surface area contributed by atoms with E-state index in [1.54, 1.807) is 6.07 Å². The van der Waals surface area contributed by atoms with Crippen LogP contribution in [0.2, 0.25) is 0 Å². The molecule has 0 radical (unpaired) electrons. The highest BCUT2D eigenvalue weighted by Gasteiger charge is 2.25. The fourth-order valence-corrected chi connectivity index (χ4v) is 3.74. The number of hydrogen-bond donors (Lipinski definition) is 0. The van der Waals surface area contributed by atoms with Crippen LogP contribution in [0, 0.1) is 5.82 Å². The molecule has 1 fully saturated rings. The van der Waals surface area contributed by atoms with Crippen molar-refractivity contribution in [2.24, 2.45) is 0 Å². The zero-order valence-electron chi connectivity index (χ0n) is 14.8. The third kappa shape index (κ3) is 3.58. The Morgan fingerprint density at radius 1 is 1.08 bits per heavy atom. The molecule has 136 valence electrons. The van der Waals surface area contributed by atoms with Crippen LogP contribution in [0.1, 0.15) is 17.5 Å². The second kappa shape index (κ2) is 7.46. The molecule has 2 aromatic rings. The number of rotatable bonds is 4. The van der Waals surface area contributed by atoms with Gasteiger partial charge in [0.2, 0.25) is 5.91 Å². The summed E-state index contributed by atoms with van der Waals surface area (Å²) in [7, 11) is 0. The van der Waals surface area contributed by atoms with Crippen LogP contribution < -0.4 is 9.80 Å². The predicted octanol–water partition coefficient (Wildman–Crippen LogP) is 3.18. The third-order valence-electron chi connectivity index (χ3n) is 5.15. The fraction of sp³-hybridized carbons (Fsp3) is 0.381. The van der Waals surface area contributed by atoms with Crippen molar-refractivity contribution in [3.05, 3.63) is 59.4 Å². The van der Waals surface area contributed by atoms with Gasteiger partial charge in [-0.15, -0.1) is 0 Å². The van der Waals surface area contributed by atoms with Gasteiger partial charge in [-0.2, -0.15) is 0 Å². The summed E-state index contributed by atoms with van der Waals surface area (Å²) in [6, 6.07) is 12.8. The molecule has 0 aromatic heterocycles. The Labute approximate surface area is 153 Å². The van der Waals surface area contributed by atoms with Crippen LogP contribution in [-0.4, -0.2) is 38.8 Å². The number of fused-ring (bicyclic) bond motifs is 1. The number of carbonyl (C=O) groups is 1. The van der Waals surface area contributed by atoms with Crippen molar-refractivity contribution in [1.29, 1.82) is 0 Å². The Morgan fingerprint density at radius 2 is 1.92 bits per heavy atom. The van der Waals surface area contributed by atoms with Crippen LogP contribution in [0.4, 0.5) is 15.8 Å². The molecule has 0 atom stereocenters. The summed E-state index contributed by atoms with van der Waals surface area (Å²) in [5.74, 6) is -0.149. The Bertz CT molecular complexity index is 802. The lowest BCUT2D eigenvalue weighted by molar-refractivity contribution is -0.118. The second-order valence-corrected chi connectivity index (χ2v) is 6.84. The van der Waals surface area contributed by atoms with E-state index >= 15 is 0 Å². The van der Waals surface area contributed by atoms with Gasteiger partial charge in [-0.1, -0.05) is 12.1 Å². The first-order chi connectivity index (χ1) is 12.7. The number of carbonyl (C=O) groups excluding carboxylic acids is 1. The maximum Gasteiger partial charge on any atom is 0.227 e. The molecule has 26 heavy (non-hydrogen) atoms. The van der Waals surface area contributed by atoms with Crippen LogP contribution in [-0.2, 0) is 22.4 Å². The molecule has 4 nitrogen and oxygen atoms in total. The Balaban J connectivity index is 1.42. The summed E-state index contributed by atoms with van der Waals surface area (Å²) in [6.45, 7) is 4.08. The molecule has 2 aliphatic rings. The van der Waals surface area contributed by atoms with Gasteiger partial charge in [0.25, 0.3) is 0 Å². The van der Waals surface area contributed by atoms with E-state index in [9.17, 15) is 9.18 Å². The van der Waals surface area contributed by atoms with Gasteiger partial charge in [-0.25, -0.2) is 4.39 Å². The smallest absolute Gasteiger partial charge is 0.227 e. The maximum atomic E-state index is 13.3. The van der Waals surface area contributed by atoms with Crippen LogP contribution in [0.25, 0.3) is 0 Å². The topological polar surface area (TPSA) is 32.8 Å². The number of morpholine rings is 1. The van der Waals surface area contributed by atoms with Crippen molar-refractivity contribution in [3.8, 4) is 0 Å². The van der Waals surface area contributed by atoms with Gasteiger partial charge in [-0.05, 0) is 54.3 Å². The van der Waals surface area contributed by atoms with Crippen molar-refractivity contribution >= 4 is 17.3 Å². The highest BCUT2D eigenvalue weighted by atomic mass is 19.1. The molecular weight excluding hydrogens is 331 g/mol. The summed E-state index contributed by atoms with van der Waals surface area (Å²) >= 11 is 0. The zero-order valence-corrected chi connectivity index (χ0v) is 14.8. The average Bonchev–Trinajstić information content (AvgIpc) is 3.10. The number of aryl methyl sites for hydroxylation is 1. The number of anilines is 2. The fourth-order valence-electron chi connectivity index (χ4n) is 3.74. The van der Waals surface area contributed by atoms with Crippen molar-refractivity contribution in [3.63, 3.8) is 0 Å². The highest BCUT2D eigenvalue weighted by Crippen LogP contribution is 2.32. The van der Waals surface area contributed by atoms with Gasteiger partial charge < -0.3 is 14.5 Å². The van der Waals surface area contributed by atoms with E-state index in [0.29, 0.717) is 12.8 Å². The highest BCUT2D eigenvalue weighted by molar-refractivity contribution is 5.95. The van der Waals surface area contributed by atoms with Gasteiger partial charge in [0.15, 0.2) is 0 Å². The van der Waals surface area contributed by atoms with E-state index < -0.39 is 0 Å². The first-order valence-corrected chi connectivity index (χ1v) is 9.21. The average molecular weight is 354 g/mol. The van der Waals surface area contributed by atoms with Gasteiger partial charge in [-0.3, -0.25) is 4.79 Å². The van der Waals surface area contributed by atoms with E-state index in [1.165, 1.54) is 23.4 Å². The molecule has 4 rings (SSSR count). The quantitative estimate of drug-likeness (QED) is 0.845. The van der Waals surface area contributed by atoms with Crippen molar-refractivity contribution in [2.75, 3.05) is 42.6 Å². The van der Waals surface area contributed by atoms with E-state index in [4.69, 9.17) is 4.74 Å². The number of halogens is 1. The largest absolute Gasteiger partial charge is 0.378 e. The van der Waals surface area contributed by atoms with Crippen LogP contribution in [0.5, 0.6) is 0 Å². The summed E-state index contributed by atoms with van der Waals surface area (Å²) in [4.78, 5) is 16.9. The molecule has 5 heteroatoms. The molecule has 0 unspecified atom stereocenters. The molecule has 0 N–H and O–H groups in total. The lowest BCUT2D eigenvalue weighted by Gasteiger charge is -2.29. The third-order valence-corrected chi connectivity index (χ3v) is 5.15. The van der Waals surface area contributed by atoms with Crippen molar-refractivity contribution < 1.29 is 13.9 Å². The van der Waals surface area contributed by atoms with Gasteiger partial charge in [0, 0.05) is 37.4 Å². The molecule has 0 aliphatic carbocycles. The Kier molecular flexibility index (Phi) is 4.89. The summed E-state index contributed by atoms with van der Waals surface area (Å²) < 4.78 is 18.7. The number of benzene rings is 2. The summed E-state index contributed by atoms with van der Waals surface area (Å²) in [5.41, 5.74) is 4.32. The number of hydrogen-bond acceptors (Lipinski definition) is 3. The molecule has 1 amide bonds. The first kappa shape index (κ1) is 17.0. The van der Waals surface area contributed by atoms with Gasteiger partial charge in [0.1, 0.15) is 5.82 Å². The Hall–Kier alpha value is -2.40. The van der Waals surface area contributed by atoms with Gasteiger partial charge in [0.05, 0.1) is 13.2 Å². The maximum absolute atomic E-state index is 13.3. The predicted molar refractivity (Wildman–Crippen MR) is 100 cm³/mol. The summed E-state index contributed by atoms with van der Waals surface area (Å²) in [5, 5.41) is 0. The van der Waals surface area contributed by atoms with E-state index in [-0.39, 0.29) is 11.7 Å². The minimum atomic E-state index is -0.253. The SMILES string of the molecule is O=C(CCc1cccc(F)c1)N1CCc2cc(N3CCOCC3)ccc21. The standard InChI is InChI=1S/C21H23FN2O2/c22-18-3-1-2-16(14-18)4-7-21(25)24-9-8-17-15-19(5-6-20(17)24)23-10-12-26-13-11-23/h1-3,5-6,14-15H,4,7-13H2. The molecule has 0 saturated carbocycles. The lowest BCUT2D eigenvalue weighted by Crippen LogP contribution is -2.36. The second-order valence-electron chi connectivity index (χ2n) is 6.84. The Morgan fingerprint density at radius 3 is 2.73 bits per heavy atom. The summed E-state index contributed by atoms with van der Waals surface area (Å²) in [6.07, 6.45) is 1.85. The van der Waals surface area contributed by atoms with Crippen LogP contribution >= 0.6 is 0 Å². The van der Waals surface area contributed by atoms with Crippen LogP contribution in [0.3, 0.4) is 0 Å². The van der Waals surface area contributed by atoms with Crippen molar-refractivity contribution in [2.45, 2.75) is 19.3 Å². The van der Waals surface area contributed by atoms with Crippen LogP contribution in [0.15, 0.2) is 42.5 Å². The van der Waals surface area contributed by atoms with E-state index in [0.717, 1.165) is 50.5 Å². The number of ether oxygens (including phenoxy) is 1. The molecule has 2 aromatic carbocycles. The number of nitrogens with zero attached hydrogens (tertiary/aromatic N) is 2. The number of amides is 1. The first-order valence-electron chi connectivity index (χ1n) is 9.21.